The molecule has 20 heteroatoms. The second kappa shape index (κ2) is 13.6. The first-order chi connectivity index (χ1) is 20.7. The molecule has 0 saturated heterocycles. The minimum atomic E-state index is -6.81. The van der Waals surface area contributed by atoms with E-state index in [0.717, 1.165) is 0 Å². The van der Waals surface area contributed by atoms with E-state index in [4.69, 9.17) is 0 Å². The summed E-state index contributed by atoms with van der Waals surface area (Å²) in [6, 6.07) is 0. The van der Waals surface area contributed by atoms with Crippen molar-refractivity contribution in [3.8, 4) is 0 Å². The van der Waals surface area contributed by atoms with Gasteiger partial charge < -0.3 is 9.47 Å². The van der Waals surface area contributed by atoms with Gasteiger partial charge in [0.2, 0.25) is 0 Å². The Bertz CT molecular complexity index is 1010. The molecular formula is C26H28F16O4. The van der Waals surface area contributed by atoms with Gasteiger partial charge in [-0.15, -0.1) is 0 Å². The highest BCUT2D eigenvalue weighted by atomic mass is 19.4. The molecular weight excluding hydrogens is 680 g/mol. The van der Waals surface area contributed by atoms with Gasteiger partial charge in [-0.3, -0.25) is 0 Å². The monoisotopic (exact) mass is 708 g/mol. The van der Waals surface area contributed by atoms with Gasteiger partial charge in [-0.25, -0.2) is 9.59 Å². The smallest absolute Gasteiger partial charge is 0.381 e. The van der Waals surface area contributed by atoms with E-state index in [-0.39, 0.29) is 37.8 Å². The average Bonchev–Trinajstić information content (AvgIpc) is 2.98. The highest BCUT2D eigenvalue weighted by Crippen LogP contribution is 2.58. The fourth-order valence-corrected chi connectivity index (χ4v) is 5.06. The van der Waals surface area contributed by atoms with Gasteiger partial charge in [0.25, 0.3) is 0 Å². The largest absolute Gasteiger partial charge is 0.456 e. The summed E-state index contributed by atoms with van der Waals surface area (Å²) in [6.07, 6.45) is -3.06. The zero-order valence-electron chi connectivity index (χ0n) is 23.5. The van der Waals surface area contributed by atoms with Gasteiger partial charge in [-0.1, -0.05) is 38.5 Å². The molecule has 0 amide bonds. The number of carbonyl (C=O) groups is 2. The number of carbonyl (C=O) groups excluding carboxylic acids is 2. The van der Waals surface area contributed by atoms with E-state index in [0.29, 0.717) is 12.8 Å². The molecule has 0 N–H and O–H groups in total. The summed E-state index contributed by atoms with van der Waals surface area (Å²) >= 11 is 0. The fourth-order valence-electron chi connectivity index (χ4n) is 5.06. The third-order valence-corrected chi connectivity index (χ3v) is 7.93. The Morgan fingerprint density at radius 2 is 0.717 bits per heavy atom. The molecule has 2 aliphatic carbocycles. The van der Waals surface area contributed by atoms with Crippen LogP contribution >= 0.6 is 0 Å². The lowest BCUT2D eigenvalue weighted by atomic mass is 9.80. The Balaban J connectivity index is 2.02. The summed E-state index contributed by atoms with van der Waals surface area (Å²) in [5.41, 5.74) is 0. The summed E-state index contributed by atoms with van der Waals surface area (Å²) in [4.78, 5) is 23.0. The van der Waals surface area contributed by atoms with Crippen molar-refractivity contribution in [2.24, 2.45) is 11.8 Å². The Labute approximate surface area is 250 Å². The van der Waals surface area contributed by atoms with E-state index in [1.54, 1.807) is 0 Å². The topological polar surface area (TPSA) is 52.6 Å². The van der Waals surface area contributed by atoms with Crippen LogP contribution in [0.5, 0.6) is 0 Å². The van der Waals surface area contributed by atoms with Gasteiger partial charge in [0.05, 0.1) is 0 Å². The minimum absolute atomic E-state index is 0.0619. The Kier molecular flexibility index (Phi) is 11.7. The normalized spacial score (nSPS) is 19.4. The van der Waals surface area contributed by atoms with E-state index in [1.807, 2.05) is 0 Å². The second-order valence-electron chi connectivity index (χ2n) is 11.2. The van der Waals surface area contributed by atoms with E-state index in [9.17, 15) is 79.8 Å². The van der Waals surface area contributed by atoms with Gasteiger partial charge in [-0.2, -0.15) is 70.2 Å². The molecule has 0 radical (unpaired) electrons. The maximum atomic E-state index is 14.2. The number of hydrogen-bond donors (Lipinski definition) is 0. The standard InChI is InChI=1S/C26H28F16O4/c27-19(28,23(35,36)25(39,40)21(31,32)15-7-3-1-4-8-15)13-45-17(43)11-12-18(44)46-14-20(29,30)24(37,38)26(41,42)22(33,34)16-9-5-2-6-10-16/h11-12,15-16H,1-10,13-14H2/b12-11+. The molecule has 0 aromatic carbocycles. The fraction of sp³-hybridized carbons (Fsp3) is 0.846. The number of alkyl halides is 16. The van der Waals surface area contributed by atoms with Gasteiger partial charge in [-0.05, 0) is 25.7 Å². The molecule has 0 unspecified atom stereocenters. The van der Waals surface area contributed by atoms with Crippen LogP contribution in [0.4, 0.5) is 70.2 Å². The average molecular weight is 708 g/mol. The van der Waals surface area contributed by atoms with Crippen molar-refractivity contribution in [1.82, 2.24) is 0 Å². The quantitative estimate of drug-likeness (QED) is 0.103. The molecule has 0 atom stereocenters. The molecule has 46 heavy (non-hydrogen) atoms. The molecule has 2 fully saturated rings. The van der Waals surface area contributed by atoms with Gasteiger partial charge in [0.15, 0.2) is 13.2 Å². The van der Waals surface area contributed by atoms with Crippen molar-refractivity contribution in [3.63, 3.8) is 0 Å². The third kappa shape index (κ3) is 7.33. The maximum Gasteiger partial charge on any atom is 0.381 e. The summed E-state index contributed by atoms with van der Waals surface area (Å²) in [5.74, 6) is -59.8. The zero-order chi connectivity index (χ0) is 35.6. The summed E-state index contributed by atoms with van der Waals surface area (Å²) in [5, 5.41) is 0. The van der Waals surface area contributed by atoms with Crippen LogP contribution in [0.3, 0.4) is 0 Å². The molecule has 268 valence electrons. The van der Waals surface area contributed by atoms with Gasteiger partial charge >= 0.3 is 59.3 Å². The number of rotatable bonds is 14. The number of ether oxygens (including phenoxy) is 2. The van der Waals surface area contributed by atoms with Crippen LogP contribution in [0, 0.1) is 11.8 Å². The second-order valence-corrected chi connectivity index (χ2v) is 11.2. The zero-order valence-corrected chi connectivity index (χ0v) is 23.5. The number of halogens is 16. The Morgan fingerprint density at radius 1 is 0.457 bits per heavy atom. The maximum absolute atomic E-state index is 14.2. The molecule has 0 spiro atoms. The molecule has 0 aromatic rings. The lowest BCUT2D eigenvalue weighted by Gasteiger charge is -2.40. The van der Waals surface area contributed by atoms with Crippen LogP contribution in [0.1, 0.15) is 64.2 Å². The van der Waals surface area contributed by atoms with Crippen molar-refractivity contribution >= 4 is 11.9 Å². The van der Waals surface area contributed by atoms with Crippen LogP contribution in [-0.4, -0.2) is 72.5 Å². The number of hydrogen-bond acceptors (Lipinski definition) is 4. The summed E-state index contributed by atoms with van der Waals surface area (Å²) in [6.45, 7) is -5.97. The van der Waals surface area contributed by atoms with Crippen molar-refractivity contribution < 1.29 is 89.3 Å². The van der Waals surface area contributed by atoms with E-state index in [2.05, 4.69) is 9.47 Å². The van der Waals surface area contributed by atoms with E-state index in [1.165, 1.54) is 0 Å². The first-order valence-electron chi connectivity index (χ1n) is 13.7. The third-order valence-electron chi connectivity index (χ3n) is 7.93. The molecule has 2 saturated carbocycles. The summed E-state index contributed by atoms with van der Waals surface area (Å²) < 4.78 is 233. The van der Waals surface area contributed by atoms with E-state index < -0.39 is 110 Å². The van der Waals surface area contributed by atoms with Crippen molar-refractivity contribution in [1.29, 1.82) is 0 Å². The van der Waals surface area contributed by atoms with Gasteiger partial charge in [0.1, 0.15) is 0 Å². The predicted molar refractivity (Wildman–Crippen MR) is 124 cm³/mol. The molecule has 0 heterocycles. The van der Waals surface area contributed by atoms with Crippen LogP contribution in [-0.2, 0) is 19.1 Å². The first-order valence-corrected chi connectivity index (χ1v) is 13.7. The van der Waals surface area contributed by atoms with Crippen LogP contribution in [0.15, 0.2) is 12.2 Å². The van der Waals surface area contributed by atoms with Crippen LogP contribution < -0.4 is 0 Å². The molecule has 2 rings (SSSR count). The molecule has 4 nitrogen and oxygen atoms in total. The highest BCUT2D eigenvalue weighted by Gasteiger charge is 2.83. The molecule has 0 bridgehead atoms. The lowest BCUT2D eigenvalue weighted by molar-refractivity contribution is -0.380. The molecule has 2 aliphatic rings. The Morgan fingerprint density at radius 3 is 0.978 bits per heavy atom. The van der Waals surface area contributed by atoms with Crippen molar-refractivity contribution in [2.75, 3.05) is 13.2 Å². The van der Waals surface area contributed by atoms with E-state index >= 15 is 0 Å². The van der Waals surface area contributed by atoms with Crippen LogP contribution in [0.25, 0.3) is 0 Å². The van der Waals surface area contributed by atoms with Crippen molar-refractivity contribution in [2.45, 2.75) is 112 Å². The lowest BCUT2D eigenvalue weighted by Crippen LogP contribution is -2.65. The molecule has 0 aromatic heterocycles. The van der Waals surface area contributed by atoms with Gasteiger partial charge in [0, 0.05) is 24.0 Å². The Hall–Kier alpha value is -2.44. The molecule has 0 aliphatic heterocycles. The number of esters is 2. The summed E-state index contributed by atoms with van der Waals surface area (Å²) in [7, 11) is 0. The van der Waals surface area contributed by atoms with Crippen LogP contribution in [0.2, 0.25) is 0 Å². The SMILES string of the molecule is O=C(/C=C/C(=O)OCC(F)(F)C(F)(F)C(F)(F)C(F)(F)C1CCCCC1)OCC(F)(F)C(F)(F)C(F)(F)C(F)(F)C1CCCCC1. The highest BCUT2D eigenvalue weighted by molar-refractivity contribution is 5.91. The first kappa shape index (κ1) is 39.7. The predicted octanol–water partition coefficient (Wildman–Crippen LogP) is 8.87. The minimum Gasteiger partial charge on any atom is -0.456 e. The van der Waals surface area contributed by atoms with Crippen molar-refractivity contribution in [3.05, 3.63) is 12.2 Å².